The zero-order chi connectivity index (χ0) is 9.42. The molecule has 0 unspecified atom stereocenters. The largest absolute Gasteiger partial charge is 0.374 e. The molecule has 2 N–H and O–H groups in total. The number of hydrogen-bond acceptors (Lipinski definition) is 5. The average Bonchev–Trinajstić information content (AvgIpc) is 2.60. The van der Waals surface area contributed by atoms with Gasteiger partial charge < -0.3 is 5.73 Å². The molecule has 0 aliphatic heterocycles. The second-order valence-corrected chi connectivity index (χ2v) is 4.89. The standard InChI is InChI=1S/C8H9N3S2/c1-4-3-12-5(2)6(4)7-10-11-8(9)13-7/h3H,1-2H3,(H2,9,11). The molecule has 68 valence electrons. The topological polar surface area (TPSA) is 51.8 Å². The van der Waals surface area contributed by atoms with Crippen LogP contribution in [-0.2, 0) is 0 Å². The van der Waals surface area contributed by atoms with Gasteiger partial charge in [-0.2, -0.15) is 0 Å². The monoisotopic (exact) mass is 211 g/mol. The molecule has 5 heteroatoms. The van der Waals surface area contributed by atoms with Gasteiger partial charge in [-0.25, -0.2) is 0 Å². The molecule has 0 spiro atoms. The number of thiophene rings is 1. The Morgan fingerprint density at radius 1 is 1.31 bits per heavy atom. The number of rotatable bonds is 1. The van der Waals surface area contributed by atoms with E-state index in [0.29, 0.717) is 5.13 Å². The van der Waals surface area contributed by atoms with E-state index in [4.69, 9.17) is 5.73 Å². The highest BCUT2D eigenvalue weighted by molar-refractivity contribution is 7.18. The molecule has 0 radical (unpaired) electrons. The number of anilines is 1. The summed E-state index contributed by atoms with van der Waals surface area (Å²) in [5, 5.41) is 11.4. The fourth-order valence-corrected chi connectivity index (χ4v) is 2.92. The Kier molecular flexibility index (Phi) is 2.05. The molecule has 2 rings (SSSR count). The highest BCUT2D eigenvalue weighted by Gasteiger charge is 2.11. The lowest BCUT2D eigenvalue weighted by atomic mass is 10.2. The molecule has 0 amide bonds. The van der Waals surface area contributed by atoms with Crippen LogP contribution in [0.4, 0.5) is 5.13 Å². The molecule has 0 aliphatic carbocycles. The van der Waals surface area contributed by atoms with Crippen molar-refractivity contribution in [2.45, 2.75) is 13.8 Å². The second-order valence-electron chi connectivity index (χ2n) is 2.80. The molecule has 0 saturated carbocycles. The third kappa shape index (κ3) is 1.45. The van der Waals surface area contributed by atoms with Gasteiger partial charge in [0.1, 0.15) is 0 Å². The van der Waals surface area contributed by atoms with Crippen molar-refractivity contribution in [2.24, 2.45) is 0 Å². The van der Waals surface area contributed by atoms with Crippen molar-refractivity contribution in [2.75, 3.05) is 5.73 Å². The van der Waals surface area contributed by atoms with Gasteiger partial charge in [-0.3, -0.25) is 0 Å². The Balaban J connectivity index is 2.57. The molecule has 2 aromatic heterocycles. The van der Waals surface area contributed by atoms with E-state index in [1.54, 1.807) is 11.3 Å². The number of hydrogen-bond donors (Lipinski definition) is 1. The Morgan fingerprint density at radius 2 is 2.08 bits per heavy atom. The third-order valence-corrected chi connectivity index (χ3v) is 3.61. The maximum Gasteiger partial charge on any atom is 0.203 e. The van der Waals surface area contributed by atoms with Crippen LogP contribution in [0.5, 0.6) is 0 Å². The molecule has 0 fully saturated rings. The fourth-order valence-electron chi connectivity index (χ4n) is 1.23. The van der Waals surface area contributed by atoms with Gasteiger partial charge >= 0.3 is 0 Å². The lowest BCUT2D eigenvalue weighted by Gasteiger charge is -1.94. The van der Waals surface area contributed by atoms with Crippen molar-refractivity contribution >= 4 is 27.8 Å². The molecule has 0 aliphatic rings. The first kappa shape index (κ1) is 8.65. The molecule has 0 bridgehead atoms. The Labute approximate surface area is 84.2 Å². The highest BCUT2D eigenvalue weighted by atomic mass is 32.1. The maximum atomic E-state index is 5.53. The summed E-state index contributed by atoms with van der Waals surface area (Å²) in [6.45, 7) is 4.17. The van der Waals surface area contributed by atoms with Crippen LogP contribution in [0.3, 0.4) is 0 Å². The van der Waals surface area contributed by atoms with Gasteiger partial charge in [0, 0.05) is 10.4 Å². The first-order valence-corrected chi connectivity index (χ1v) is 5.52. The molecular weight excluding hydrogens is 202 g/mol. The summed E-state index contributed by atoms with van der Waals surface area (Å²) in [7, 11) is 0. The lowest BCUT2D eigenvalue weighted by molar-refractivity contribution is 1.10. The van der Waals surface area contributed by atoms with Crippen LogP contribution in [-0.4, -0.2) is 10.2 Å². The number of nitrogens with two attached hydrogens (primary N) is 1. The van der Waals surface area contributed by atoms with Crippen molar-refractivity contribution in [3.05, 3.63) is 15.8 Å². The zero-order valence-electron chi connectivity index (χ0n) is 7.37. The Hall–Kier alpha value is -0.940. The second kappa shape index (κ2) is 3.08. The van der Waals surface area contributed by atoms with Crippen LogP contribution in [0.25, 0.3) is 10.6 Å². The van der Waals surface area contributed by atoms with Crippen LogP contribution in [0.1, 0.15) is 10.4 Å². The Morgan fingerprint density at radius 3 is 2.54 bits per heavy atom. The van der Waals surface area contributed by atoms with Gasteiger partial charge in [0.15, 0.2) is 5.01 Å². The van der Waals surface area contributed by atoms with Crippen molar-refractivity contribution in [3.8, 4) is 10.6 Å². The summed E-state index contributed by atoms with van der Waals surface area (Å²) in [5.41, 5.74) is 7.98. The van der Waals surface area contributed by atoms with Gasteiger partial charge in [0.25, 0.3) is 0 Å². The minimum atomic E-state index is 0.528. The predicted molar refractivity (Wildman–Crippen MR) is 57.1 cm³/mol. The van der Waals surface area contributed by atoms with E-state index >= 15 is 0 Å². The summed E-state index contributed by atoms with van der Waals surface area (Å²) in [4.78, 5) is 1.27. The quantitative estimate of drug-likeness (QED) is 0.788. The molecular formula is C8H9N3S2. The highest BCUT2D eigenvalue weighted by Crippen LogP contribution is 2.33. The SMILES string of the molecule is Cc1csc(C)c1-c1nnc(N)s1. The summed E-state index contributed by atoms with van der Waals surface area (Å²) >= 11 is 3.17. The molecule has 0 aromatic carbocycles. The molecule has 2 heterocycles. The zero-order valence-corrected chi connectivity index (χ0v) is 9.00. The lowest BCUT2D eigenvalue weighted by Crippen LogP contribution is -1.80. The molecule has 3 nitrogen and oxygen atoms in total. The van der Waals surface area contributed by atoms with E-state index < -0.39 is 0 Å². The van der Waals surface area contributed by atoms with E-state index in [2.05, 4.69) is 29.4 Å². The molecule has 13 heavy (non-hydrogen) atoms. The van der Waals surface area contributed by atoms with E-state index in [0.717, 1.165) is 5.01 Å². The fraction of sp³-hybridized carbons (Fsp3) is 0.250. The summed E-state index contributed by atoms with van der Waals surface area (Å²) in [6.07, 6.45) is 0. The molecule has 0 saturated heterocycles. The number of nitrogen functional groups attached to an aromatic ring is 1. The molecule has 0 atom stereocenters. The number of nitrogens with zero attached hydrogens (tertiary/aromatic N) is 2. The van der Waals surface area contributed by atoms with Gasteiger partial charge in [0.2, 0.25) is 5.13 Å². The van der Waals surface area contributed by atoms with E-state index in [1.165, 1.54) is 27.3 Å². The van der Waals surface area contributed by atoms with Crippen molar-refractivity contribution in [3.63, 3.8) is 0 Å². The normalized spacial score (nSPS) is 10.6. The van der Waals surface area contributed by atoms with Crippen LogP contribution >= 0.6 is 22.7 Å². The molecule has 2 aromatic rings. The van der Waals surface area contributed by atoms with E-state index in [9.17, 15) is 0 Å². The Bertz CT molecular complexity index is 411. The summed E-state index contributed by atoms with van der Waals surface area (Å²) < 4.78 is 0. The van der Waals surface area contributed by atoms with Crippen molar-refractivity contribution in [1.82, 2.24) is 10.2 Å². The van der Waals surface area contributed by atoms with Crippen LogP contribution < -0.4 is 5.73 Å². The average molecular weight is 211 g/mol. The first-order valence-electron chi connectivity index (χ1n) is 3.82. The predicted octanol–water partition coefficient (Wildman–Crippen LogP) is 2.47. The number of aryl methyl sites for hydroxylation is 2. The minimum Gasteiger partial charge on any atom is -0.374 e. The smallest absolute Gasteiger partial charge is 0.203 e. The van der Waals surface area contributed by atoms with E-state index in [-0.39, 0.29) is 0 Å². The number of aromatic nitrogens is 2. The summed E-state index contributed by atoms with van der Waals surface area (Å²) in [6, 6.07) is 0. The third-order valence-electron chi connectivity index (χ3n) is 1.81. The minimum absolute atomic E-state index is 0.528. The van der Waals surface area contributed by atoms with Crippen molar-refractivity contribution < 1.29 is 0 Å². The van der Waals surface area contributed by atoms with Gasteiger partial charge in [-0.1, -0.05) is 11.3 Å². The van der Waals surface area contributed by atoms with Gasteiger partial charge in [-0.05, 0) is 24.8 Å². The summed E-state index contributed by atoms with van der Waals surface area (Å²) in [5.74, 6) is 0. The van der Waals surface area contributed by atoms with Crippen LogP contribution in [0.15, 0.2) is 5.38 Å². The van der Waals surface area contributed by atoms with Crippen molar-refractivity contribution in [1.29, 1.82) is 0 Å². The van der Waals surface area contributed by atoms with Crippen LogP contribution in [0, 0.1) is 13.8 Å². The van der Waals surface area contributed by atoms with E-state index in [1.807, 2.05) is 0 Å². The van der Waals surface area contributed by atoms with Crippen LogP contribution in [0.2, 0.25) is 0 Å². The van der Waals surface area contributed by atoms with Gasteiger partial charge in [0.05, 0.1) is 0 Å². The maximum absolute atomic E-state index is 5.53. The first-order chi connectivity index (χ1) is 6.18. The van der Waals surface area contributed by atoms with Gasteiger partial charge in [-0.15, -0.1) is 21.5 Å².